The maximum absolute atomic E-state index is 11.8. The summed E-state index contributed by atoms with van der Waals surface area (Å²) in [6, 6.07) is 0.288. The van der Waals surface area contributed by atoms with Crippen LogP contribution in [0.25, 0.3) is 0 Å². The first kappa shape index (κ1) is 16.0. The van der Waals surface area contributed by atoms with Gasteiger partial charge in [0.15, 0.2) is 0 Å². The largest absolute Gasteiger partial charge is 0.361 e. The van der Waals surface area contributed by atoms with Gasteiger partial charge >= 0.3 is 0 Å². The molecule has 19 heavy (non-hydrogen) atoms. The second-order valence-corrected chi connectivity index (χ2v) is 4.91. The van der Waals surface area contributed by atoms with Crippen LogP contribution >= 0.6 is 12.4 Å². The lowest BCUT2D eigenvalue weighted by Crippen LogP contribution is -2.45. The van der Waals surface area contributed by atoms with Gasteiger partial charge in [0.2, 0.25) is 5.91 Å². The summed E-state index contributed by atoms with van der Waals surface area (Å²) < 4.78 is 5.09. The van der Waals surface area contributed by atoms with Crippen LogP contribution in [0.4, 0.5) is 0 Å². The van der Waals surface area contributed by atoms with Crippen LogP contribution in [0.5, 0.6) is 0 Å². The molecule has 1 aliphatic rings. The van der Waals surface area contributed by atoms with Crippen molar-refractivity contribution in [1.82, 2.24) is 15.8 Å². The van der Waals surface area contributed by atoms with Crippen molar-refractivity contribution in [2.75, 3.05) is 13.1 Å². The Morgan fingerprint density at radius 2 is 2.32 bits per heavy atom. The zero-order chi connectivity index (χ0) is 13.0. The molecular formula is C13H22ClN3O2. The third kappa shape index (κ3) is 4.51. The number of aromatic nitrogens is 1. The van der Waals surface area contributed by atoms with Crippen LogP contribution in [0.1, 0.15) is 36.3 Å². The molecule has 1 amide bonds. The number of nitrogens with one attached hydrogen (secondary N) is 2. The van der Waals surface area contributed by atoms with Gasteiger partial charge in [-0.3, -0.25) is 4.79 Å². The van der Waals surface area contributed by atoms with Crippen LogP contribution in [-0.4, -0.2) is 30.2 Å². The number of aryl methyl sites for hydroxylation is 2. The molecule has 0 bridgehead atoms. The zero-order valence-electron chi connectivity index (χ0n) is 11.5. The number of carbonyl (C=O) groups is 1. The van der Waals surface area contributed by atoms with E-state index in [0.717, 1.165) is 42.9 Å². The molecule has 1 aromatic rings. The predicted octanol–water partition coefficient (Wildman–Crippen LogP) is 1.51. The van der Waals surface area contributed by atoms with E-state index in [0.29, 0.717) is 12.8 Å². The first-order valence-electron chi connectivity index (χ1n) is 6.58. The summed E-state index contributed by atoms with van der Waals surface area (Å²) in [5.41, 5.74) is 1.95. The van der Waals surface area contributed by atoms with Crippen LogP contribution < -0.4 is 10.6 Å². The Morgan fingerprint density at radius 1 is 1.53 bits per heavy atom. The minimum atomic E-state index is 0. The van der Waals surface area contributed by atoms with Crippen LogP contribution in [0.3, 0.4) is 0 Å². The van der Waals surface area contributed by atoms with Gasteiger partial charge in [-0.1, -0.05) is 5.16 Å². The smallest absolute Gasteiger partial charge is 0.220 e. The number of carbonyl (C=O) groups excluding carboxylic acids is 1. The van der Waals surface area contributed by atoms with Gasteiger partial charge in [0.1, 0.15) is 5.76 Å². The zero-order valence-corrected chi connectivity index (χ0v) is 12.3. The van der Waals surface area contributed by atoms with Crippen molar-refractivity contribution in [2.24, 2.45) is 0 Å². The van der Waals surface area contributed by atoms with Crippen molar-refractivity contribution in [3.63, 3.8) is 0 Å². The molecule has 1 saturated heterocycles. The van der Waals surface area contributed by atoms with E-state index in [-0.39, 0.29) is 24.4 Å². The normalized spacial score (nSPS) is 18.7. The number of piperidine rings is 1. The summed E-state index contributed by atoms with van der Waals surface area (Å²) in [5, 5.41) is 10.2. The predicted molar refractivity (Wildman–Crippen MR) is 75.6 cm³/mol. The van der Waals surface area contributed by atoms with Gasteiger partial charge < -0.3 is 15.2 Å². The second kappa shape index (κ2) is 7.50. The maximum atomic E-state index is 11.8. The van der Waals surface area contributed by atoms with Gasteiger partial charge in [0.05, 0.1) is 5.69 Å². The lowest BCUT2D eigenvalue weighted by atomic mass is 10.1. The quantitative estimate of drug-likeness (QED) is 0.881. The standard InChI is InChI=1S/C13H21N3O2.ClH/c1-9-12(10(2)18-16-9)5-6-13(17)15-11-4-3-7-14-8-11;/h11,14H,3-8H2,1-2H3,(H,15,17);1H/t11-;/m0./s1. The lowest BCUT2D eigenvalue weighted by molar-refractivity contribution is -0.121. The third-order valence-corrected chi connectivity index (χ3v) is 3.45. The highest BCUT2D eigenvalue weighted by Gasteiger charge is 2.16. The molecule has 5 nitrogen and oxygen atoms in total. The fraction of sp³-hybridized carbons (Fsp3) is 0.692. The summed E-state index contributed by atoms with van der Waals surface area (Å²) in [6.07, 6.45) is 3.41. The Balaban J connectivity index is 0.00000180. The topological polar surface area (TPSA) is 67.2 Å². The van der Waals surface area contributed by atoms with Crippen molar-refractivity contribution in [2.45, 2.75) is 45.6 Å². The van der Waals surface area contributed by atoms with Gasteiger partial charge in [-0.25, -0.2) is 0 Å². The summed E-state index contributed by atoms with van der Waals surface area (Å²) in [7, 11) is 0. The molecule has 6 heteroatoms. The van der Waals surface area contributed by atoms with Crippen molar-refractivity contribution < 1.29 is 9.32 Å². The van der Waals surface area contributed by atoms with Crippen LogP contribution in [-0.2, 0) is 11.2 Å². The van der Waals surface area contributed by atoms with Crippen molar-refractivity contribution in [3.05, 3.63) is 17.0 Å². The summed E-state index contributed by atoms with van der Waals surface area (Å²) >= 11 is 0. The highest BCUT2D eigenvalue weighted by Crippen LogP contribution is 2.14. The molecule has 0 saturated carbocycles. The molecule has 0 unspecified atom stereocenters. The molecule has 0 radical (unpaired) electrons. The number of hydrogen-bond acceptors (Lipinski definition) is 4. The molecule has 2 rings (SSSR count). The Morgan fingerprint density at radius 3 is 2.89 bits per heavy atom. The molecule has 1 fully saturated rings. The Kier molecular flexibility index (Phi) is 6.31. The first-order valence-corrected chi connectivity index (χ1v) is 6.58. The number of amides is 1. The monoisotopic (exact) mass is 287 g/mol. The van der Waals surface area contributed by atoms with E-state index in [2.05, 4.69) is 15.8 Å². The summed E-state index contributed by atoms with van der Waals surface area (Å²) in [5.74, 6) is 0.934. The van der Waals surface area contributed by atoms with E-state index < -0.39 is 0 Å². The fourth-order valence-corrected chi connectivity index (χ4v) is 2.37. The molecule has 1 aliphatic heterocycles. The van der Waals surface area contributed by atoms with Gasteiger partial charge in [-0.15, -0.1) is 12.4 Å². The van der Waals surface area contributed by atoms with Crippen LogP contribution in [0.15, 0.2) is 4.52 Å². The van der Waals surface area contributed by atoms with Gasteiger partial charge in [-0.05, 0) is 39.7 Å². The van der Waals surface area contributed by atoms with Gasteiger partial charge in [0, 0.05) is 24.6 Å². The summed E-state index contributed by atoms with van der Waals surface area (Å²) in [6.45, 7) is 5.75. The SMILES string of the molecule is Cc1noc(C)c1CCC(=O)N[C@H]1CCCNC1.Cl. The number of hydrogen-bond donors (Lipinski definition) is 2. The van der Waals surface area contributed by atoms with E-state index in [4.69, 9.17) is 4.52 Å². The maximum Gasteiger partial charge on any atom is 0.220 e. The van der Waals surface area contributed by atoms with E-state index in [1.54, 1.807) is 0 Å². The number of halogens is 1. The lowest BCUT2D eigenvalue weighted by Gasteiger charge is -2.23. The fourth-order valence-electron chi connectivity index (χ4n) is 2.37. The van der Waals surface area contributed by atoms with Crippen molar-refractivity contribution in [3.8, 4) is 0 Å². The molecule has 1 aromatic heterocycles. The van der Waals surface area contributed by atoms with E-state index in [1.807, 2.05) is 13.8 Å². The molecule has 1 atom stereocenters. The van der Waals surface area contributed by atoms with Gasteiger partial charge in [-0.2, -0.15) is 0 Å². The van der Waals surface area contributed by atoms with E-state index in [1.165, 1.54) is 0 Å². The average Bonchev–Trinajstić information content (AvgIpc) is 2.68. The van der Waals surface area contributed by atoms with Crippen LogP contribution in [0, 0.1) is 13.8 Å². The Bertz CT molecular complexity index is 395. The molecule has 0 aromatic carbocycles. The number of nitrogens with zero attached hydrogens (tertiary/aromatic N) is 1. The van der Waals surface area contributed by atoms with E-state index >= 15 is 0 Å². The average molecular weight is 288 g/mol. The first-order chi connectivity index (χ1) is 8.66. The second-order valence-electron chi connectivity index (χ2n) is 4.91. The summed E-state index contributed by atoms with van der Waals surface area (Å²) in [4.78, 5) is 11.8. The van der Waals surface area contributed by atoms with Gasteiger partial charge in [0.25, 0.3) is 0 Å². The third-order valence-electron chi connectivity index (χ3n) is 3.45. The molecule has 0 aliphatic carbocycles. The van der Waals surface area contributed by atoms with Crippen LogP contribution in [0.2, 0.25) is 0 Å². The molecule has 2 N–H and O–H groups in total. The van der Waals surface area contributed by atoms with E-state index in [9.17, 15) is 4.79 Å². The highest BCUT2D eigenvalue weighted by atomic mass is 35.5. The van der Waals surface area contributed by atoms with Crippen molar-refractivity contribution >= 4 is 18.3 Å². The molecular weight excluding hydrogens is 266 g/mol. The Labute approximate surface area is 119 Å². The minimum Gasteiger partial charge on any atom is -0.361 e. The Hall–Kier alpha value is -1.07. The molecule has 108 valence electrons. The highest BCUT2D eigenvalue weighted by molar-refractivity contribution is 5.85. The molecule has 0 spiro atoms. The minimum absolute atomic E-state index is 0. The molecule has 2 heterocycles. The number of rotatable bonds is 4. The van der Waals surface area contributed by atoms with Crippen molar-refractivity contribution in [1.29, 1.82) is 0 Å².